The molecule has 0 radical (unpaired) electrons. The Morgan fingerprint density at radius 1 is 1.10 bits per heavy atom. The topological polar surface area (TPSA) is 70.4 Å². The van der Waals surface area contributed by atoms with Crippen LogP contribution in [-0.4, -0.2) is 20.8 Å². The van der Waals surface area contributed by atoms with Gasteiger partial charge in [-0.25, -0.2) is 4.98 Å². The Kier molecular flexibility index (Phi) is 3.47. The van der Waals surface area contributed by atoms with Crippen molar-refractivity contribution in [3.63, 3.8) is 0 Å². The van der Waals surface area contributed by atoms with Crippen LogP contribution in [0.3, 0.4) is 0 Å². The number of nitrogens with zero attached hydrogens (tertiary/aromatic N) is 3. The summed E-state index contributed by atoms with van der Waals surface area (Å²) in [5.74, 6) is 0.723. The monoisotopic (exact) mass is 278 g/mol. The molecule has 21 heavy (non-hydrogen) atoms. The SMILES string of the molecule is C/C(=N\Nc1ccc2cccc(O)c2n1)c1ccccn1. The summed E-state index contributed by atoms with van der Waals surface area (Å²) in [5, 5.41) is 15.0. The molecule has 2 N–H and O–H groups in total. The number of phenols is 1. The number of pyridine rings is 2. The lowest BCUT2D eigenvalue weighted by Gasteiger charge is -2.05. The fourth-order valence-electron chi connectivity index (χ4n) is 1.97. The Bertz CT molecular complexity index is 800. The molecule has 3 aromatic rings. The first-order valence-corrected chi connectivity index (χ1v) is 6.54. The average Bonchev–Trinajstić information content (AvgIpc) is 2.54. The van der Waals surface area contributed by atoms with E-state index >= 15 is 0 Å². The Hall–Kier alpha value is -2.95. The molecule has 0 bridgehead atoms. The van der Waals surface area contributed by atoms with Gasteiger partial charge in [-0.05, 0) is 37.3 Å². The van der Waals surface area contributed by atoms with Gasteiger partial charge >= 0.3 is 0 Å². The molecule has 0 fully saturated rings. The molecular weight excluding hydrogens is 264 g/mol. The Labute approximate surface area is 122 Å². The van der Waals surface area contributed by atoms with Crippen LogP contribution in [0.25, 0.3) is 10.9 Å². The first-order valence-electron chi connectivity index (χ1n) is 6.54. The fraction of sp³-hybridized carbons (Fsp3) is 0.0625. The third kappa shape index (κ3) is 2.81. The smallest absolute Gasteiger partial charge is 0.147 e. The van der Waals surface area contributed by atoms with Crippen molar-refractivity contribution < 1.29 is 5.11 Å². The second-order valence-electron chi connectivity index (χ2n) is 4.57. The predicted molar refractivity (Wildman–Crippen MR) is 83.5 cm³/mol. The Balaban J connectivity index is 1.87. The lowest BCUT2D eigenvalue weighted by atomic mass is 10.2. The maximum absolute atomic E-state index is 9.81. The zero-order chi connectivity index (χ0) is 14.7. The number of hydrogen-bond donors (Lipinski definition) is 2. The zero-order valence-corrected chi connectivity index (χ0v) is 11.5. The largest absolute Gasteiger partial charge is 0.506 e. The van der Waals surface area contributed by atoms with E-state index in [2.05, 4.69) is 20.5 Å². The number of hydrazone groups is 1. The zero-order valence-electron chi connectivity index (χ0n) is 11.5. The van der Waals surface area contributed by atoms with E-state index in [-0.39, 0.29) is 5.75 Å². The third-order valence-electron chi connectivity index (χ3n) is 3.07. The average molecular weight is 278 g/mol. The van der Waals surface area contributed by atoms with Crippen molar-refractivity contribution in [3.8, 4) is 5.75 Å². The van der Waals surface area contributed by atoms with Gasteiger partial charge in [-0.2, -0.15) is 5.10 Å². The quantitative estimate of drug-likeness (QED) is 0.570. The van der Waals surface area contributed by atoms with E-state index in [4.69, 9.17) is 0 Å². The molecule has 5 heteroatoms. The van der Waals surface area contributed by atoms with Crippen LogP contribution >= 0.6 is 0 Å². The van der Waals surface area contributed by atoms with Crippen molar-refractivity contribution in [1.29, 1.82) is 0 Å². The van der Waals surface area contributed by atoms with Gasteiger partial charge in [0.25, 0.3) is 0 Å². The number of anilines is 1. The maximum Gasteiger partial charge on any atom is 0.147 e. The number of aromatic nitrogens is 2. The summed E-state index contributed by atoms with van der Waals surface area (Å²) in [6, 6.07) is 14.7. The highest BCUT2D eigenvalue weighted by atomic mass is 16.3. The number of fused-ring (bicyclic) bond motifs is 1. The van der Waals surface area contributed by atoms with Crippen LogP contribution in [0.15, 0.2) is 59.8 Å². The van der Waals surface area contributed by atoms with Gasteiger partial charge in [0.1, 0.15) is 17.1 Å². The van der Waals surface area contributed by atoms with Crippen LogP contribution in [0.4, 0.5) is 5.82 Å². The molecule has 3 rings (SSSR count). The Morgan fingerprint density at radius 2 is 2.00 bits per heavy atom. The third-order valence-corrected chi connectivity index (χ3v) is 3.07. The van der Waals surface area contributed by atoms with Crippen molar-refractivity contribution >= 4 is 22.4 Å². The van der Waals surface area contributed by atoms with Crippen LogP contribution in [-0.2, 0) is 0 Å². The minimum Gasteiger partial charge on any atom is -0.506 e. The molecule has 0 spiro atoms. The van der Waals surface area contributed by atoms with Crippen molar-refractivity contribution in [1.82, 2.24) is 9.97 Å². The molecule has 0 aliphatic carbocycles. The molecule has 104 valence electrons. The number of benzene rings is 1. The number of hydrogen-bond acceptors (Lipinski definition) is 5. The van der Waals surface area contributed by atoms with E-state index in [9.17, 15) is 5.11 Å². The number of para-hydroxylation sites is 1. The van der Waals surface area contributed by atoms with Crippen LogP contribution < -0.4 is 5.43 Å². The van der Waals surface area contributed by atoms with Crippen LogP contribution in [0.5, 0.6) is 5.75 Å². The molecule has 0 amide bonds. The van der Waals surface area contributed by atoms with Gasteiger partial charge in [0.05, 0.1) is 11.4 Å². The van der Waals surface area contributed by atoms with E-state index in [0.29, 0.717) is 11.3 Å². The normalized spacial score (nSPS) is 11.6. The van der Waals surface area contributed by atoms with E-state index in [1.165, 1.54) is 0 Å². The van der Waals surface area contributed by atoms with E-state index in [1.54, 1.807) is 18.3 Å². The Morgan fingerprint density at radius 3 is 2.81 bits per heavy atom. The molecule has 5 nitrogen and oxygen atoms in total. The second kappa shape index (κ2) is 5.58. The van der Waals surface area contributed by atoms with E-state index in [1.807, 2.05) is 43.3 Å². The fourth-order valence-corrected chi connectivity index (χ4v) is 1.97. The highest BCUT2D eigenvalue weighted by molar-refractivity contribution is 5.97. The van der Waals surface area contributed by atoms with Crippen molar-refractivity contribution in [2.75, 3.05) is 5.43 Å². The van der Waals surface area contributed by atoms with E-state index < -0.39 is 0 Å². The maximum atomic E-state index is 9.81. The minimum atomic E-state index is 0.154. The van der Waals surface area contributed by atoms with Crippen LogP contribution in [0.2, 0.25) is 0 Å². The highest BCUT2D eigenvalue weighted by Crippen LogP contribution is 2.23. The molecule has 0 aliphatic rings. The van der Waals surface area contributed by atoms with E-state index in [0.717, 1.165) is 16.8 Å². The summed E-state index contributed by atoms with van der Waals surface area (Å²) < 4.78 is 0. The lowest BCUT2D eigenvalue weighted by molar-refractivity contribution is 0.480. The summed E-state index contributed by atoms with van der Waals surface area (Å²) in [5.41, 5.74) is 5.00. The molecule has 2 heterocycles. The molecule has 2 aromatic heterocycles. The van der Waals surface area contributed by atoms with Gasteiger partial charge in [0.2, 0.25) is 0 Å². The number of rotatable bonds is 3. The predicted octanol–water partition coefficient (Wildman–Crippen LogP) is 3.17. The molecule has 1 aromatic carbocycles. The number of nitrogens with one attached hydrogen (secondary N) is 1. The van der Waals surface area contributed by atoms with Gasteiger partial charge < -0.3 is 5.11 Å². The van der Waals surface area contributed by atoms with Gasteiger partial charge in [-0.15, -0.1) is 0 Å². The molecular formula is C16H14N4O. The number of phenolic OH excluding ortho intramolecular Hbond substituents is 1. The molecule has 0 unspecified atom stereocenters. The van der Waals surface area contributed by atoms with Crippen LogP contribution in [0, 0.1) is 0 Å². The summed E-state index contributed by atoms with van der Waals surface area (Å²) in [6.45, 7) is 1.87. The van der Waals surface area contributed by atoms with Crippen molar-refractivity contribution in [3.05, 3.63) is 60.4 Å². The second-order valence-corrected chi connectivity index (χ2v) is 4.57. The summed E-state index contributed by atoms with van der Waals surface area (Å²) in [4.78, 5) is 8.58. The van der Waals surface area contributed by atoms with Gasteiger partial charge in [0.15, 0.2) is 0 Å². The molecule has 0 saturated carbocycles. The summed E-state index contributed by atoms with van der Waals surface area (Å²) in [6.07, 6.45) is 1.72. The minimum absolute atomic E-state index is 0.154. The number of aromatic hydroxyl groups is 1. The van der Waals surface area contributed by atoms with Gasteiger partial charge in [-0.3, -0.25) is 10.4 Å². The van der Waals surface area contributed by atoms with Crippen molar-refractivity contribution in [2.24, 2.45) is 5.10 Å². The molecule has 0 saturated heterocycles. The standard InChI is InChI=1S/C16H14N4O/c1-11(13-6-2-3-10-17-13)19-20-15-9-8-12-5-4-7-14(21)16(12)18-15/h2-10,21H,1H3,(H,18,20)/b19-11+. The first kappa shape index (κ1) is 13.1. The van der Waals surface area contributed by atoms with Gasteiger partial charge in [0, 0.05) is 11.6 Å². The summed E-state index contributed by atoms with van der Waals surface area (Å²) >= 11 is 0. The van der Waals surface area contributed by atoms with Gasteiger partial charge in [-0.1, -0.05) is 18.2 Å². The summed E-state index contributed by atoms with van der Waals surface area (Å²) in [7, 11) is 0. The lowest BCUT2D eigenvalue weighted by Crippen LogP contribution is -2.02. The molecule has 0 atom stereocenters. The highest BCUT2D eigenvalue weighted by Gasteiger charge is 2.02. The van der Waals surface area contributed by atoms with Crippen LogP contribution in [0.1, 0.15) is 12.6 Å². The first-order chi connectivity index (χ1) is 10.2. The molecule has 0 aliphatic heterocycles. The van der Waals surface area contributed by atoms with Crippen molar-refractivity contribution in [2.45, 2.75) is 6.92 Å².